The largest absolute Gasteiger partial charge is 0.508 e. The third-order valence-corrected chi connectivity index (χ3v) is 6.65. The second kappa shape index (κ2) is 8.89. The van der Waals surface area contributed by atoms with Crippen LogP contribution in [0, 0.1) is 21.2 Å². The fraction of sp³-hybridized carbons (Fsp3) is 0.292. The summed E-state index contributed by atoms with van der Waals surface area (Å²) < 4.78 is 14.5. The topological polar surface area (TPSA) is 60.8 Å². The molecule has 1 amide bonds. The highest BCUT2D eigenvalue weighted by Gasteiger charge is 2.50. The van der Waals surface area contributed by atoms with Crippen molar-refractivity contribution in [2.24, 2.45) is 11.8 Å². The van der Waals surface area contributed by atoms with Crippen LogP contribution in [-0.2, 0) is 4.79 Å². The molecular formula is C24H23FINO3. The summed E-state index contributed by atoms with van der Waals surface area (Å²) in [5.74, 6) is -0.281. The van der Waals surface area contributed by atoms with Gasteiger partial charge in [-0.3, -0.25) is 4.79 Å². The fourth-order valence-electron chi connectivity index (χ4n) is 4.32. The van der Waals surface area contributed by atoms with Crippen LogP contribution in [0.3, 0.4) is 0 Å². The number of hydrogen-bond acceptors (Lipinski definition) is 3. The Balaban J connectivity index is 1.50. The molecule has 1 fully saturated rings. The molecule has 0 spiro atoms. The zero-order valence-electron chi connectivity index (χ0n) is 16.3. The van der Waals surface area contributed by atoms with Gasteiger partial charge in [-0.2, -0.15) is 0 Å². The number of aliphatic hydroxyl groups is 2. The Morgan fingerprint density at radius 2 is 1.83 bits per heavy atom. The van der Waals surface area contributed by atoms with Crippen molar-refractivity contribution in [1.29, 1.82) is 0 Å². The first-order chi connectivity index (χ1) is 14.4. The van der Waals surface area contributed by atoms with E-state index in [-0.39, 0.29) is 35.4 Å². The van der Waals surface area contributed by atoms with Crippen molar-refractivity contribution >= 4 is 34.2 Å². The molecule has 1 saturated heterocycles. The van der Waals surface area contributed by atoms with E-state index in [0.29, 0.717) is 24.9 Å². The normalized spacial score (nSPS) is 24.4. The van der Waals surface area contributed by atoms with E-state index >= 15 is 0 Å². The molecule has 2 aliphatic rings. The molecule has 1 unspecified atom stereocenters. The molecule has 156 valence electrons. The van der Waals surface area contributed by atoms with Crippen LogP contribution in [0.25, 0.3) is 0 Å². The van der Waals surface area contributed by atoms with E-state index in [1.165, 1.54) is 12.1 Å². The Labute approximate surface area is 188 Å². The third kappa shape index (κ3) is 4.30. The first-order valence-corrected chi connectivity index (χ1v) is 11.1. The van der Waals surface area contributed by atoms with E-state index in [9.17, 15) is 19.4 Å². The smallest absolute Gasteiger partial charge is 0.232 e. The lowest BCUT2D eigenvalue weighted by atomic mass is 9.73. The molecule has 0 saturated carbocycles. The lowest BCUT2D eigenvalue weighted by Gasteiger charge is -2.50. The van der Waals surface area contributed by atoms with Gasteiger partial charge in [0.1, 0.15) is 11.6 Å². The van der Waals surface area contributed by atoms with Crippen molar-refractivity contribution < 1.29 is 19.4 Å². The summed E-state index contributed by atoms with van der Waals surface area (Å²) in [5, 5.41) is 20.3. The number of β-lactam (4-membered cyclic amide) rings is 1. The number of benzene rings is 2. The number of carbonyl (C=O) groups excluding carboxylic acids is 1. The molecule has 2 N–H and O–H groups in total. The van der Waals surface area contributed by atoms with Crippen LogP contribution in [0.4, 0.5) is 10.1 Å². The van der Waals surface area contributed by atoms with Crippen molar-refractivity contribution in [2.45, 2.75) is 31.4 Å². The van der Waals surface area contributed by atoms with Crippen LogP contribution in [0.1, 0.15) is 30.9 Å². The van der Waals surface area contributed by atoms with Crippen LogP contribution in [0.2, 0.25) is 0 Å². The third-order valence-electron chi connectivity index (χ3n) is 5.93. The number of amides is 1. The second-order valence-corrected chi connectivity index (χ2v) is 9.06. The van der Waals surface area contributed by atoms with Gasteiger partial charge in [0.15, 0.2) is 0 Å². The van der Waals surface area contributed by atoms with Crippen molar-refractivity contribution in [3.05, 3.63) is 87.5 Å². The number of anilines is 1. The standard InChI is InChI=1S/C24H23FINO3/c25-17-5-9-19(10-6-17)27-23(16-3-11-20(28)12-4-16)21(24(27)30)13-14-22(29)15-1-7-18(26)8-2-15/h1-3,5-12,16,21-23,28-29H,4,13-14H2/t16?,21-,22+,23-/m1/s1. The van der Waals surface area contributed by atoms with E-state index in [1.807, 2.05) is 30.3 Å². The van der Waals surface area contributed by atoms with Gasteiger partial charge in [-0.15, -0.1) is 0 Å². The molecule has 1 aliphatic carbocycles. The zero-order valence-corrected chi connectivity index (χ0v) is 18.4. The lowest BCUT2D eigenvalue weighted by molar-refractivity contribution is -0.131. The van der Waals surface area contributed by atoms with Gasteiger partial charge >= 0.3 is 0 Å². The van der Waals surface area contributed by atoms with Crippen LogP contribution in [0.15, 0.2) is 72.5 Å². The summed E-state index contributed by atoms with van der Waals surface area (Å²) in [6.45, 7) is 0. The van der Waals surface area contributed by atoms with Crippen LogP contribution < -0.4 is 4.90 Å². The molecule has 6 heteroatoms. The minimum atomic E-state index is -0.624. The van der Waals surface area contributed by atoms with Gasteiger partial charge in [0, 0.05) is 15.2 Å². The first kappa shape index (κ1) is 21.1. The minimum Gasteiger partial charge on any atom is -0.508 e. The van der Waals surface area contributed by atoms with Crippen LogP contribution in [-0.4, -0.2) is 22.2 Å². The van der Waals surface area contributed by atoms with Gasteiger partial charge < -0.3 is 15.1 Å². The fourth-order valence-corrected chi connectivity index (χ4v) is 4.68. The Kier molecular flexibility index (Phi) is 6.24. The molecule has 2 aromatic rings. The minimum absolute atomic E-state index is 0.00593. The van der Waals surface area contributed by atoms with Crippen molar-refractivity contribution in [3.63, 3.8) is 0 Å². The summed E-state index contributed by atoms with van der Waals surface area (Å²) in [5.41, 5.74) is 1.52. The molecule has 0 aromatic heterocycles. The average molecular weight is 519 g/mol. The maximum atomic E-state index is 13.4. The summed E-state index contributed by atoms with van der Waals surface area (Å²) in [4.78, 5) is 14.7. The van der Waals surface area contributed by atoms with Gasteiger partial charge in [0.2, 0.25) is 5.91 Å². The first-order valence-electron chi connectivity index (χ1n) is 10.0. The Bertz CT molecular complexity index is 971. The molecule has 30 heavy (non-hydrogen) atoms. The number of hydrogen-bond donors (Lipinski definition) is 2. The van der Waals surface area contributed by atoms with Crippen molar-refractivity contribution in [3.8, 4) is 0 Å². The van der Waals surface area contributed by atoms with Crippen molar-refractivity contribution in [1.82, 2.24) is 0 Å². The monoisotopic (exact) mass is 519 g/mol. The van der Waals surface area contributed by atoms with Crippen LogP contribution in [0.5, 0.6) is 0 Å². The predicted octanol–water partition coefficient (Wildman–Crippen LogP) is 5.29. The lowest BCUT2D eigenvalue weighted by Crippen LogP contribution is -2.64. The van der Waals surface area contributed by atoms with Crippen molar-refractivity contribution in [2.75, 3.05) is 4.90 Å². The summed E-state index contributed by atoms with van der Waals surface area (Å²) in [6.07, 6.45) is 6.42. The molecule has 0 bridgehead atoms. The molecule has 4 rings (SSSR count). The summed E-state index contributed by atoms with van der Waals surface area (Å²) in [7, 11) is 0. The highest BCUT2D eigenvalue weighted by Crippen LogP contribution is 2.42. The second-order valence-electron chi connectivity index (χ2n) is 7.81. The number of aliphatic hydroxyl groups excluding tert-OH is 2. The Morgan fingerprint density at radius 3 is 2.47 bits per heavy atom. The van der Waals surface area contributed by atoms with E-state index in [2.05, 4.69) is 22.6 Å². The predicted molar refractivity (Wildman–Crippen MR) is 122 cm³/mol. The van der Waals surface area contributed by atoms with E-state index in [0.717, 1.165) is 9.13 Å². The summed E-state index contributed by atoms with van der Waals surface area (Å²) >= 11 is 2.22. The highest BCUT2D eigenvalue weighted by atomic mass is 127. The quantitative estimate of drug-likeness (QED) is 0.403. The number of rotatable bonds is 6. The SMILES string of the molecule is O=C1[C@H](CC[C@H](O)c2ccc(I)cc2)[C@@H](C2C=CC(O)=CC2)N1c1ccc(F)cc1. The Morgan fingerprint density at radius 1 is 1.13 bits per heavy atom. The summed E-state index contributed by atoms with van der Waals surface area (Å²) in [6, 6.07) is 13.6. The Hall–Kier alpha value is -2.19. The number of carbonyl (C=O) groups is 1. The molecule has 1 heterocycles. The van der Waals surface area contributed by atoms with E-state index < -0.39 is 6.10 Å². The van der Waals surface area contributed by atoms with E-state index in [4.69, 9.17) is 0 Å². The zero-order chi connectivity index (χ0) is 21.3. The van der Waals surface area contributed by atoms with Gasteiger partial charge in [0.05, 0.1) is 18.1 Å². The number of allylic oxidation sites excluding steroid dienone is 2. The number of nitrogens with zero attached hydrogens (tertiary/aromatic N) is 1. The van der Waals surface area contributed by atoms with E-state index in [1.54, 1.807) is 29.2 Å². The molecule has 4 nitrogen and oxygen atoms in total. The average Bonchev–Trinajstić information content (AvgIpc) is 2.74. The molecular weight excluding hydrogens is 496 g/mol. The number of halogens is 2. The maximum Gasteiger partial charge on any atom is 0.232 e. The van der Waals surface area contributed by atoms with Crippen LogP contribution >= 0.6 is 22.6 Å². The van der Waals surface area contributed by atoms with Gasteiger partial charge in [-0.25, -0.2) is 4.39 Å². The molecule has 2 aromatic carbocycles. The molecule has 4 atom stereocenters. The highest BCUT2D eigenvalue weighted by molar-refractivity contribution is 14.1. The van der Waals surface area contributed by atoms with Gasteiger partial charge in [0.25, 0.3) is 0 Å². The van der Waals surface area contributed by atoms with Gasteiger partial charge in [-0.05, 0) is 96.0 Å². The molecule has 1 aliphatic heterocycles. The maximum absolute atomic E-state index is 13.4. The molecule has 0 radical (unpaired) electrons. The van der Waals surface area contributed by atoms with Gasteiger partial charge in [-0.1, -0.05) is 18.2 Å².